The number of carbonyl (C=O) groups is 1. The van der Waals surface area contributed by atoms with Crippen LogP contribution in [0.5, 0.6) is 5.88 Å². The molecule has 1 aliphatic heterocycles. The van der Waals surface area contributed by atoms with E-state index in [0.29, 0.717) is 36.3 Å². The van der Waals surface area contributed by atoms with Crippen LogP contribution in [0.15, 0.2) is 30.3 Å². The zero-order valence-electron chi connectivity index (χ0n) is 22.5. The summed E-state index contributed by atoms with van der Waals surface area (Å²) in [4.78, 5) is 24.7. The largest absolute Gasteiger partial charge is 0.477 e. The van der Waals surface area contributed by atoms with Crippen molar-refractivity contribution in [3.05, 3.63) is 47.3 Å². The molecule has 1 atom stereocenters. The van der Waals surface area contributed by atoms with E-state index in [0.717, 1.165) is 31.5 Å². The van der Waals surface area contributed by atoms with E-state index in [9.17, 15) is 10.1 Å². The van der Waals surface area contributed by atoms with E-state index in [1.165, 1.54) is 51.4 Å². The highest BCUT2D eigenvalue weighted by Gasteiger charge is 2.44. The number of carbonyl (C=O) groups excluding carboxylic acids is 1. The van der Waals surface area contributed by atoms with Crippen molar-refractivity contribution in [2.75, 3.05) is 32.1 Å². The van der Waals surface area contributed by atoms with Gasteiger partial charge in [-0.15, -0.1) is 0 Å². The number of aromatic nitrogens is 2. The molecule has 3 aliphatic rings. The summed E-state index contributed by atoms with van der Waals surface area (Å²) in [6.07, 6.45) is 12.2. The Hall–Kier alpha value is -3.18. The zero-order chi connectivity index (χ0) is 26.4. The Morgan fingerprint density at radius 1 is 1.13 bits per heavy atom. The Balaban J connectivity index is 1.32. The van der Waals surface area contributed by atoms with Crippen molar-refractivity contribution in [1.29, 1.82) is 5.26 Å². The lowest BCUT2D eigenvalue weighted by Gasteiger charge is -2.32. The molecule has 1 saturated heterocycles. The van der Waals surface area contributed by atoms with E-state index >= 15 is 0 Å². The number of rotatable bonds is 10. The van der Waals surface area contributed by atoms with E-state index in [1.54, 1.807) is 0 Å². The molecule has 5 rings (SSSR count). The molecule has 2 aromatic rings. The molecule has 2 aliphatic carbocycles. The number of hydrogen-bond acceptors (Lipinski definition) is 7. The van der Waals surface area contributed by atoms with E-state index in [2.05, 4.69) is 38.6 Å². The second kappa shape index (κ2) is 12.1. The lowest BCUT2D eigenvalue weighted by atomic mass is 9.80. The van der Waals surface area contributed by atoms with Gasteiger partial charge in [0.1, 0.15) is 17.5 Å². The highest BCUT2D eigenvalue weighted by molar-refractivity contribution is 6.01. The van der Waals surface area contributed by atoms with Crippen LogP contribution in [0.25, 0.3) is 0 Å². The fraction of sp³-hybridized carbons (Fsp3) is 0.600. The van der Waals surface area contributed by atoms with Crippen LogP contribution in [0, 0.1) is 22.7 Å². The van der Waals surface area contributed by atoms with Crippen molar-refractivity contribution in [2.24, 2.45) is 11.3 Å². The van der Waals surface area contributed by atoms with E-state index in [4.69, 9.17) is 4.74 Å². The molecule has 3 fully saturated rings. The molecule has 8 heteroatoms. The molecule has 8 nitrogen and oxygen atoms in total. The van der Waals surface area contributed by atoms with Gasteiger partial charge in [0.2, 0.25) is 11.7 Å². The van der Waals surface area contributed by atoms with Crippen molar-refractivity contribution in [2.45, 2.75) is 76.8 Å². The van der Waals surface area contributed by atoms with Gasteiger partial charge in [0.15, 0.2) is 0 Å². The Kier molecular flexibility index (Phi) is 8.43. The van der Waals surface area contributed by atoms with Crippen LogP contribution in [0.3, 0.4) is 0 Å². The predicted molar refractivity (Wildman–Crippen MR) is 147 cm³/mol. The summed E-state index contributed by atoms with van der Waals surface area (Å²) in [6, 6.07) is 12.3. The summed E-state index contributed by atoms with van der Waals surface area (Å²) in [7, 11) is 2.16. The summed E-state index contributed by atoms with van der Waals surface area (Å²) in [5.41, 5.74) is 1.92. The van der Waals surface area contributed by atoms with Crippen molar-refractivity contribution < 1.29 is 9.53 Å². The minimum absolute atomic E-state index is 0.0115. The second-order valence-electron chi connectivity index (χ2n) is 11.4. The molecule has 2 N–H and O–H groups in total. The number of nitriles is 1. The normalized spacial score (nSPS) is 21.0. The highest BCUT2D eigenvalue weighted by Crippen LogP contribution is 2.57. The third-order valence-corrected chi connectivity index (χ3v) is 8.79. The maximum absolute atomic E-state index is 13.5. The molecule has 1 aromatic heterocycles. The standard InChI is InChI=1S/C30H40N6O2/c1-36-17-6-5-9-24(36)12-18-38-29-26(28(37)33-21-22-7-3-2-4-8-22)27(34-25(19-31)35-29)32-20-23-10-13-30(14-11-23)15-16-30/h2-4,7-8,23-24H,5-6,9-18,20-21H2,1H3,(H,33,37)(H,32,34,35). The monoisotopic (exact) mass is 516 g/mol. The van der Waals surface area contributed by atoms with Crippen molar-refractivity contribution in [3.63, 3.8) is 0 Å². The zero-order valence-corrected chi connectivity index (χ0v) is 22.5. The first-order valence-corrected chi connectivity index (χ1v) is 14.3. The molecule has 1 amide bonds. The first-order chi connectivity index (χ1) is 18.5. The summed E-state index contributed by atoms with van der Waals surface area (Å²) < 4.78 is 6.14. The van der Waals surface area contributed by atoms with Gasteiger partial charge in [0.25, 0.3) is 5.91 Å². The average Bonchev–Trinajstić information content (AvgIpc) is 3.71. The van der Waals surface area contributed by atoms with E-state index in [-0.39, 0.29) is 23.2 Å². The van der Waals surface area contributed by atoms with Gasteiger partial charge in [-0.05, 0) is 88.3 Å². The molecule has 0 radical (unpaired) electrons. The number of benzene rings is 1. The minimum Gasteiger partial charge on any atom is -0.477 e. The Morgan fingerprint density at radius 3 is 2.63 bits per heavy atom. The molecular formula is C30H40N6O2. The van der Waals surface area contributed by atoms with Gasteiger partial charge in [0.05, 0.1) is 6.61 Å². The van der Waals surface area contributed by atoms with Crippen molar-refractivity contribution in [1.82, 2.24) is 20.2 Å². The Morgan fingerprint density at radius 2 is 1.92 bits per heavy atom. The van der Waals surface area contributed by atoms with Crippen LogP contribution in [0.4, 0.5) is 5.82 Å². The maximum Gasteiger partial charge on any atom is 0.260 e. The molecule has 1 spiro atoms. The molecule has 1 aromatic carbocycles. The lowest BCUT2D eigenvalue weighted by molar-refractivity contribution is 0.0944. The van der Waals surface area contributed by atoms with Gasteiger partial charge in [-0.3, -0.25) is 4.79 Å². The summed E-state index contributed by atoms with van der Waals surface area (Å²) in [5.74, 6) is 0.819. The smallest absolute Gasteiger partial charge is 0.260 e. The van der Waals surface area contributed by atoms with Crippen molar-refractivity contribution >= 4 is 11.7 Å². The number of likely N-dealkylation sites (tertiary alicyclic amines) is 1. The van der Waals surface area contributed by atoms with Gasteiger partial charge < -0.3 is 20.3 Å². The topological polar surface area (TPSA) is 103 Å². The van der Waals surface area contributed by atoms with Crippen LogP contribution in [0.1, 0.15) is 86.0 Å². The molecule has 0 bridgehead atoms. The van der Waals surface area contributed by atoms with Crippen LogP contribution in [0.2, 0.25) is 0 Å². The first kappa shape index (κ1) is 26.4. The van der Waals surface area contributed by atoms with Gasteiger partial charge in [-0.2, -0.15) is 10.2 Å². The molecule has 1 unspecified atom stereocenters. The van der Waals surface area contributed by atoms with Gasteiger partial charge in [-0.1, -0.05) is 36.8 Å². The second-order valence-corrected chi connectivity index (χ2v) is 11.4. The number of amides is 1. The Bertz CT molecular complexity index is 1130. The number of hydrogen-bond donors (Lipinski definition) is 2. The average molecular weight is 517 g/mol. The molecule has 2 saturated carbocycles. The SMILES string of the molecule is CN1CCCCC1CCOc1nc(C#N)nc(NCC2CCC3(CC2)CC3)c1C(=O)NCc1ccccc1. The summed E-state index contributed by atoms with van der Waals surface area (Å²) in [5, 5.41) is 16.1. The number of nitrogens with zero attached hydrogens (tertiary/aromatic N) is 4. The fourth-order valence-electron chi connectivity index (χ4n) is 6.01. The van der Waals surface area contributed by atoms with Crippen LogP contribution < -0.4 is 15.4 Å². The van der Waals surface area contributed by atoms with Crippen LogP contribution in [-0.2, 0) is 6.54 Å². The highest BCUT2D eigenvalue weighted by atomic mass is 16.5. The molecule has 202 valence electrons. The van der Waals surface area contributed by atoms with Crippen LogP contribution >= 0.6 is 0 Å². The first-order valence-electron chi connectivity index (χ1n) is 14.3. The number of ether oxygens (including phenoxy) is 1. The van der Waals surface area contributed by atoms with E-state index < -0.39 is 0 Å². The minimum atomic E-state index is -0.300. The molecular weight excluding hydrogens is 476 g/mol. The van der Waals surface area contributed by atoms with Crippen LogP contribution in [-0.4, -0.2) is 53.6 Å². The molecule has 2 heterocycles. The summed E-state index contributed by atoms with van der Waals surface area (Å²) >= 11 is 0. The van der Waals surface area contributed by atoms with Gasteiger partial charge >= 0.3 is 0 Å². The van der Waals surface area contributed by atoms with E-state index in [1.807, 2.05) is 30.3 Å². The van der Waals surface area contributed by atoms with Gasteiger partial charge in [0, 0.05) is 19.1 Å². The predicted octanol–water partition coefficient (Wildman–Crippen LogP) is 4.91. The quantitative estimate of drug-likeness (QED) is 0.462. The fourth-order valence-corrected chi connectivity index (χ4v) is 6.01. The van der Waals surface area contributed by atoms with Gasteiger partial charge in [-0.25, -0.2) is 4.98 Å². The maximum atomic E-state index is 13.5. The molecule has 38 heavy (non-hydrogen) atoms. The number of piperidine rings is 1. The third kappa shape index (κ3) is 6.63. The van der Waals surface area contributed by atoms with Crippen molar-refractivity contribution in [3.8, 4) is 11.9 Å². The number of anilines is 1. The number of nitrogens with one attached hydrogen (secondary N) is 2. The Labute approximate surface area is 226 Å². The lowest BCUT2D eigenvalue weighted by Crippen LogP contribution is -2.37. The third-order valence-electron chi connectivity index (χ3n) is 8.79. The summed E-state index contributed by atoms with van der Waals surface area (Å²) in [6.45, 7) is 2.64.